The van der Waals surface area contributed by atoms with Gasteiger partial charge in [-0.25, -0.2) is 0 Å². The smallest absolute Gasteiger partial charge is 0.305 e. The average Bonchev–Trinajstić information content (AvgIpc) is 2.88. The first-order chi connectivity index (χ1) is 17.6. The van der Waals surface area contributed by atoms with E-state index in [4.69, 9.17) is 32.6 Å². The SMILES string of the molecule is CCCCCCC(=O)OCCOCCOCCOCCOCCOCCOS(=O)(=O)c1ccccc1. The lowest BCUT2D eigenvalue weighted by molar-refractivity contribution is -0.145. The normalized spacial score (nSPS) is 11.6. The second kappa shape index (κ2) is 22.6. The molecule has 1 aromatic carbocycles. The Morgan fingerprint density at radius 3 is 1.61 bits per heavy atom. The molecule has 0 saturated heterocycles. The van der Waals surface area contributed by atoms with Crippen LogP contribution in [-0.2, 0) is 47.5 Å². The Balaban J connectivity index is 1.76. The van der Waals surface area contributed by atoms with E-state index in [1.54, 1.807) is 18.2 Å². The Morgan fingerprint density at radius 1 is 0.639 bits per heavy atom. The van der Waals surface area contributed by atoms with Crippen LogP contribution in [0.25, 0.3) is 0 Å². The van der Waals surface area contributed by atoms with Gasteiger partial charge in [-0.05, 0) is 18.6 Å². The van der Waals surface area contributed by atoms with Crippen LogP contribution in [0.2, 0.25) is 0 Å². The van der Waals surface area contributed by atoms with Crippen LogP contribution >= 0.6 is 0 Å². The molecule has 0 aromatic heterocycles. The van der Waals surface area contributed by atoms with E-state index in [0.717, 1.165) is 25.7 Å². The predicted octanol–water partition coefficient (Wildman–Crippen LogP) is 2.99. The van der Waals surface area contributed by atoms with Crippen molar-refractivity contribution in [2.24, 2.45) is 0 Å². The number of unbranched alkanes of at least 4 members (excludes halogenated alkanes) is 3. The zero-order valence-corrected chi connectivity index (χ0v) is 22.2. The molecular formula is C25H42O10S. The minimum absolute atomic E-state index is 0.0575. The maximum Gasteiger partial charge on any atom is 0.305 e. The zero-order valence-electron chi connectivity index (χ0n) is 21.4. The first kappa shape index (κ1) is 32.4. The molecule has 0 saturated carbocycles. The van der Waals surface area contributed by atoms with E-state index in [1.807, 2.05) is 0 Å². The Kier molecular flexibility index (Phi) is 20.3. The summed E-state index contributed by atoms with van der Waals surface area (Å²) in [5.41, 5.74) is 0. The van der Waals surface area contributed by atoms with Gasteiger partial charge in [0.15, 0.2) is 0 Å². The molecule has 0 N–H and O–H groups in total. The molecule has 0 aliphatic heterocycles. The molecule has 0 radical (unpaired) electrons. The van der Waals surface area contributed by atoms with Gasteiger partial charge in [-0.3, -0.25) is 8.98 Å². The van der Waals surface area contributed by atoms with Crippen molar-refractivity contribution >= 4 is 16.1 Å². The standard InChI is InChI=1S/C25H42O10S/c1-2-3-4-8-11-25(26)34-22-20-32-18-16-30-14-12-29-13-15-31-17-19-33-21-23-35-36(27,28)24-9-6-5-7-10-24/h5-7,9-10H,2-4,8,11-23H2,1H3. The van der Waals surface area contributed by atoms with Crippen LogP contribution in [0.3, 0.4) is 0 Å². The van der Waals surface area contributed by atoms with Crippen molar-refractivity contribution < 1.29 is 45.8 Å². The van der Waals surface area contributed by atoms with Crippen LogP contribution in [0.5, 0.6) is 0 Å². The van der Waals surface area contributed by atoms with Crippen molar-refractivity contribution in [1.82, 2.24) is 0 Å². The quantitative estimate of drug-likeness (QED) is 0.105. The second-order valence-corrected chi connectivity index (χ2v) is 9.30. The third-order valence-corrected chi connectivity index (χ3v) is 6.04. The summed E-state index contributed by atoms with van der Waals surface area (Å²) in [4.78, 5) is 11.6. The third kappa shape index (κ3) is 18.6. The summed E-state index contributed by atoms with van der Waals surface area (Å²) in [6.45, 7) is 6.18. The minimum atomic E-state index is -3.75. The Hall–Kier alpha value is -1.60. The maximum atomic E-state index is 11.9. The fourth-order valence-corrected chi connectivity index (χ4v) is 3.74. The molecule has 0 bridgehead atoms. The largest absolute Gasteiger partial charge is 0.463 e. The number of benzene rings is 1. The lowest BCUT2D eigenvalue weighted by Gasteiger charge is -2.08. The van der Waals surface area contributed by atoms with Gasteiger partial charge in [-0.2, -0.15) is 8.42 Å². The van der Waals surface area contributed by atoms with Gasteiger partial charge in [0, 0.05) is 6.42 Å². The molecule has 0 fully saturated rings. The van der Waals surface area contributed by atoms with E-state index >= 15 is 0 Å². The molecule has 0 aliphatic carbocycles. The molecule has 0 atom stereocenters. The van der Waals surface area contributed by atoms with E-state index in [9.17, 15) is 13.2 Å². The number of hydrogen-bond donors (Lipinski definition) is 0. The van der Waals surface area contributed by atoms with Crippen molar-refractivity contribution in [2.45, 2.75) is 43.9 Å². The van der Waals surface area contributed by atoms with E-state index in [2.05, 4.69) is 6.92 Å². The monoisotopic (exact) mass is 534 g/mol. The highest BCUT2D eigenvalue weighted by molar-refractivity contribution is 7.86. The highest BCUT2D eigenvalue weighted by Crippen LogP contribution is 2.10. The fraction of sp³-hybridized carbons (Fsp3) is 0.720. The number of rotatable bonds is 25. The molecule has 36 heavy (non-hydrogen) atoms. The Morgan fingerprint density at radius 2 is 1.11 bits per heavy atom. The summed E-state index contributed by atoms with van der Waals surface area (Å²) in [6.07, 6.45) is 4.71. The van der Waals surface area contributed by atoms with E-state index in [-0.39, 0.29) is 30.7 Å². The number of carbonyl (C=O) groups excluding carboxylic acids is 1. The van der Waals surface area contributed by atoms with E-state index in [0.29, 0.717) is 65.9 Å². The molecule has 1 rings (SSSR count). The van der Waals surface area contributed by atoms with E-state index < -0.39 is 10.1 Å². The number of carbonyl (C=O) groups is 1. The average molecular weight is 535 g/mol. The van der Waals surface area contributed by atoms with E-state index in [1.165, 1.54) is 12.1 Å². The lowest BCUT2D eigenvalue weighted by Crippen LogP contribution is -2.15. The molecule has 0 aliphatic rings. The summed E-state index contributed by atoms with van der Waals surface area (Å²) in [7, 11) is -3.75. The van der Waals surface area contributed by atoms with Gasteiger partial charge in [0.2, 0.25) is 0 Å². The molecule has 0 unspecified atom stereocenters. The van der Waals surface area contributed by atoms with Crippen molar-refractivity contribution in [3.05, 3.63) is 30.3 Å². The fourth-order valence-electron chi connectivity index (χ4n) is 2.82. The summed E-state index contributed by atoms with van der Waals surface area (Å²) in [6, 6.07) is 7.97. The van der Waals surface area contributed by atoms with Crippen LogP contribution < -0.4 is 0 Å². The number of hydrogen-bond acceptors (Lipinski definition) is 10. The summed E-state index contributed by atoms with van der Waals surface area (Å²) in [5, 5.41) is 0. The maximum absolute atomic E-state index is 11.9. The zero-order chi connectivity index (χ0) is 26.2. The third-order valence-electron chi connectivity index (χ3n) is 4.71. The molecule has 10 nitrogen and oxygen atoms in total. The topological polar surface area (TPSA) is 116 Å². The first-order valence-electron chi connectivity index (χ1n) is 12.5. The van der Waals surface area contributed by atoms with Crippen LogP contribution in [0, 0.1) is 0 Å². The molecule has 0 heterocycles. The molecule has 1 aromatic rings. The molecule has 0 amide bonds. The van der Waals surface area contributed by atoms with Crippen molar-refractivity contribution in [1.29, 1.82) is 0 Å². The summed E-state index contributed by atoms with van der Waals surface area (Å²) in [5.74, 6) is -0.165. The Labute approximate surface area is 215 Å². The van der Waals surface area contributed by atoms with Crippen molar-refractivity contribution in [3.63, 3.8) is 0 Å². The highest BCUT2D eigenvalue weighted by atomic mass is 32.2. The Bertz CT molecular complexity index is 742. The highest BCUT2D eigenvalue weighted by Gasteiger charge is 2.13. The van der Waals surface area contributed by atoms with Gasteiger partial charge >= 0.3 is 5.97 Å². The number of esters is 1. The van der Waals surface area contributed by atoms with Gasteiger partial charge < -0.3 is 28.4 Å². The van der Waals surface area contributed by atoms with Gasteiger partial charge in [0.25, 0.3) is 10.1 Å². The summed E-state index contributed by atoms with van der Waals surface area (Å²) < 4.78 is 60.7. The van der Waals surface area contributed by atoms with Crippen LogP contribution in [0.1, 0.15) is 39.0 Å². The van der Waals surface area contributed by atoms with Gasteiger partial charge in [0.1, 0.15) is 6.61 Å². The van der Waals surface area contributed by atoms with Crippen LogP contribution in [-0.4, -0.2) is 93.7 Å². The van der Waals surface area contributed by atoms with Crippen LogP contribution in [0.4, 0.5) is 0 Å². The first-order valence-corrected chi connectivity index (χ1v) is 14.0. The van der Waals surface area contributed by atoms with Gasteiger partial charge in [0.05, 0.1) is 77.6 Å². The molecule has 11 heteroatoms. The van der Waals surface area contributed by atoms with Gasteiger partial charge in [-0.1, -0.05) is 44.4 Å². The molecular weight excluding hydrogens is 492 g/mol. The van der Waals surface area contributed by atoms with Crippen molar-refractivity contribution in [3.8, 4) is 0 Å². The minimum Gasteiger partial charge on any atom is -0.463 e. The van der Waals surface area contributed by atoms with Crippen LogP contribution in [0.15, 0.2) is 35.2 Å². The number of ether oxygens (including phenoxy) is 6. The molecule has 208 valence electrons. The molecule has 0 spiro atoms. The lowest BCUT2D eigenvalue weighted by atomic mass is 10.2. The second-order valence-electron chi connectivity index (χ2n) is 7.68. The van der Waals surface area contributed by atoms with Crippen molar-refractivity contribution in [2.75, 3.05) is 79.3 Å². The predicted molar refractivity (Wildman–Crippen MR) is 133 cm³/mol. The summed E-state index contributed by atoms with van der Waals surface area (Å²) >= 11 is 0. The van der Waals surface area contributed by atoms with Gasteiger partial charge in [-0.15, -0.1) is 0 Å².